The first kappa shape index (κ1) is 14.4. The molecule has 0 saturated carbocycles. The molecule has 0 fully saturated rings. The molecular formula is C14H14ClNO4. The fourth-order valence-corrected chi connectivity index (χ4v) is 1.69. The van der Waals surface area contributed by atoms with Crippen LogP contribution in [0.15, 0.2) is 18.2 Å². The van der Waals surface area contributed by atoms with E-state index in [2.05, 4.69) is 17.2 Å². The summed E-state index contributed by atoms with van der Waals surface area (Å²) in [5.41, 5.74) is 0. The molecule has 0 bridgehead atoms. The minimum Gasteiger partial charge on any atom is -0.481 e. The van der Waals surface area contributed by atoms with Crippen molar-refractivity contribution in [2.45, 2.75) is 6.42 Å². The number of alkyl halides is 1. The van der Waals surface area contributed by atoms with Gasteiger partial charge in [-0.05, 0) is 12.1 Å². The van der Waals surface area contributed by atoms with Gasteiger partial charge in [0.15, 0.2) is 11.5 Å². The van der Waals surface area contributed by atoms with E-state index in [-0.39, 0.29) is 19.3 Å². The highest BCUT2D eigenvalue weighted by atomic mass is 35.5. The molecule has 5 nitrogen and oxygen atoms in total. The first-order valence-corrected chi connectivity index (χ1v) is 6.64. The zero-order valence-corrected chi connectivity index (χ0v) is 11.5. The Balaban J connectivity index is 1.70. The summed E-state index contributed by atoms with van der Waals surface area (Å²) >= 11 is 5.43. The number of benzene rings is 1. The van der Waals surface area contributed by atoms with Crippen molar-refractivity contribution in [1.82, 2.24) is 5.32 Å². The first-order chi connectivity index (χ1) is 9.79. The standard InChI is InChI=1S/C14H14ClNO4/c15-6-5-14(17)16-7-1-2-8-18-11-3-4-12-13(9-11)20-10-19-12/h3-4,9H,5-8,10H2,(H,16,17). The number of rotatable bonds is 5. The normalized spacial score (nSPS) is 11.4. The fourth-order valence-electron chi connectivity index (χ4n) is 1.52. The molecule has 1 aromatic carbocycles. The number of ether oxygens (including phenoxy) is 3. The smallest absolute Gasteiger partial charge is 0.231 e. The monoisotopic (exact) mass is 295 g/mol. The number of amides is 1. The molecule has 1 amide bonds. The number of carbonyl (C=O) groups is 1. The number of hydrogen-bond acceptors (Lipinski definition) is 4. The van der Waals surface area contributed by atoms with Crippen molar-refractivity contribution in [3.63, 3.8) is 0 Å². The van der Waals surface area contributed by atoms with Crippen molar-refractivity contribution in [3.8, 4) is 29.1 Å². The van der Waals surface area contributed by atoms with Crippen LogP contribution in [0.2, 0.25) is 0 Å². The Morgan fingerprint density at radius 2 is 2.20 bits per heavy atom. The van der Waals surface area contributed by atoms with Crippen LogP contribution in [-0.4, -0.2) is 31.7 Å². The quantitative estimate of drug-likeness (QED) is 0.661. The van der Waals surface area contributed by atoms with Crippen LogP contribution in [0.4, 0.5) is 0 Å². The van der Waals surface area contributed by atoms with Crippen LogP contribution in [0.25, 0.3) is 0 Å². The summed E-state index contributed by atoms with van der Waals surface area (Å²) < 4.78 is 15.9. The first-order valence-electron chi connectivity index (χ1n) is 6.10. The van der Waals surface area contributed by atoms with Gasteiger partial charge in [-0.3, -0.25) is 4.79 Å². The lowest BCUT2D eigenvalue weighted by Gasteiger charge is -2.02. The minimum atomic E-state index is -0.106. The fraction of sp³-hybridized carbons (Fsp3) is 0.357. The van der Waals surface area contributed by atoms with E-state index in [0.717, 1.165) is 0 Å². The average Bonchev–Trinajstić information content (AvgIpc) is 2.90. The summed E-state index contributed by atoms with van der Waals surface area (Å²) in [6.07, 6.45) is 0.303. The van der Waals surface area contributed by atoms with Crippen molar-refractivity contribution in [2.75, 3.05) is 25.8 Å². The third-order valence-electron chi connectivity index (χ3n) is 2.48. The third kappa shape index (κ3) is 4.25. The third-order valence-corrected chi connectivity index (χ3v) is 2.66. The number of halogens is 1. The number of nitrogens with one attached hydrogen (secondary N) is 1. The molecule has 0 radical (unpaired) electrons. The molecule has 1 aromatic rings. The summed E-state index contributed by atoms with van der Waals surface area (Å²) in [4.78, 5) is 11.1. The lowest BCUT2D eigenvalue weighted by Crippen LogP contribution is -2.23. The highest BCUT2D eigenvalue weighted by molar-refractivity contribution is 6.18. The summed E-state index contributed by atoms with van der Waals surface area (Å²) in [7, 11) is 0. The summed E-state index contributed by atoms with van der Waals surface area (Å²) in [5, 5.41) is 2.63. The van der Waals surface area contributed by atoms with Gasteiger partial charge < -0.3 is 19.5 Å². The summed E-state index contributed by atoms with van der Waals surface area (Å²) in [6, 6.07) is 5.33. The molecule has 1 heterocycles. The predicted molar refractivity (Wildman–Crippen MR) is 74.2 cm³/mol. The van der Waals surface area contributed by atoms with Crippen LogP contribution >= 0.6 is 11.6 Å². The second-order valence-electron chi connectivity index (χ2n) is 3.87. The molecule has 0 atom stereocenters. The van der Waals surface area contributed by atoms with Gasteiger partial charge in [0.05, 0.1) is 6.54 Å². The van der Waals surface area contributed by atoms with Crippen molar-refractivity contribution in [2.24, 2.45) is 0 Å². The lowest BCUT2D eigenvalue weighted by atomic mass is 10.3. The SMILES string of the molecule is O=C(CCCl)NCC#CCOc1ccc2c(c1)OCO2. The molecule has 0 aliphatic carbocycles. The highest BCUT2D eigenvalue weighted by Gasteiger charge is 2.13. The molecule has 106 valence electrons. The van der Waals surface area contributed by atoms with Crippen LogP contribution in [0.1, 0.15) is 6.42 Å². The van der Waals surface area contributed by atoms with Gasteiger partial charge in [-0.1, -0.05) is 11.8 Å². The Labute approximate surface area is 122 Å². The van der Waals surface area contributed by atoms with Crippen molar-refractivity contribution in [3.05, 3.63) is 18.2 Å². The zero-order valence-electron chi connectivity index (χ0n) is 10.8. The van der Waals surface area contributed by atoms with Gasteiger partial charge in [0, 0.05) is 18.4 Å². The molecule has 0 saturated heterocycles. The zero-order chi connectivity index (χ0) is 14.2. The van der Waals surface area contributed by atoms with E-state index in [1.807, 2.05) is 0 Å². The van der Waals surface area contributed by atoms with Crippen LogP contribution in [-0.2, 0) is 4.79 Å². The van der Waals surface area contributed by atoms with E-state index < -0.39 is 0 Å². The average molecular weight is 296 g/mol. The maximum absolute atomic E-state index is 11.1. The highest BCUT2D eigenvalue weighted by Crippen LogP contribution is 2.34. The predicted octanol–water partition coefficient (Wildman–Crippen LogP) is 1.54. The Bertz CT molecular complexity index is 536. The molecule has 6 heteroatoms. The van der Waals surface area contributed by atoms with E-state index in [4.69, 9.17) is 25.8 Å². The van der Waals surface area contributed by atoms with Crippen molar-refractivity contribution in [1.29, 1.82) is 0 Å². The maximum atomic E-state index is 11.1. The Kier molecular flexibility index (Phi) is 5.39. The van der Waals surface area contributed by atoms with Gasteiger partial charge in [0.25, 0.3) is 0 Å². The molecule has 0 unspecified atom stereocenters. The minimum absolute atomic E-state index is 0.106. The number of carbonyl (C=O) groups excluding carboxylic acids is 1. The van der Waals surface area contributed by atoms with Crippen molar-refractivity contribution < 1.29 is 19.0 Å². The Morgan fingerprint density at radius 3 is 3.05 bits per heavy atom. The number of hydrogen-bond donors (Lipinski definition) is 1. The molecule has 1 aliphatic rings. The van der Waals surface area contributed by atoms with E-state index in [1.54, 1.807) is 18.2 Å². The number of fused-ring (bicyclic) bond motifs is 1. The Hall–Kier alpha value is -2.06. The summed E-state index contributed by atoms with van der Waals surface area (Å²) in [6.45, 7) is 0.770. The van der Waals surface area contributed by atoms with Gasteiger partial charge in [-0.25, -0.2) is 0 Å². The molecule has 1 aliphatic heterocycles. The van der Waals surface area contributed by atoms with Gasteiger partial charge in [0.1, 0.15) is 12.4 Å². The van der Waals surface area contributed by atoms with E-state index in [0.29, 0.717) is 36.1 Å². The van der Waals surface area contributed by atoms with E-state index in [9.17, 15) is 4.79 Å². The van der Waals surface area contributed by atoms with Crippen LogP contribution in [0.3, 0.4) is 0 Å². The van der Waals surface area contributed by atoms with Crippen LogP contribution in [0, 0.1) is 11.8 Å². The topological polar surface area (TPSA) is 56.8 Å². The second-order valence-corrected chi connectivity index (χ2v) is 4.25. The molecule has 20 heavy (non-hydrogen) atoms. The van der Waals surface area contributed by atoms with E-state index in [1.165, 1.54) is 0 Å². The molecule has 2 rings (SSSR count). The maximum Gasteiger partial charge on any atom is 0.231 e. The van der Waals surface area contributed by atoms with Crippen molar-refractivity contribution >= 4 is 17.5 Å². The van der Waals surface area contributed by atoms with Gasteiger partial charge in [-0.15, -0.1) is 11.6 Å². The molecule has 0 spiro atoms. The summed E-state index contributed by atoms with van der Waals surface area (Å²) in [5.74, 6) is 7.85. The second kappa shape index (κ2) is 7.51. The molecular weight excluding hydrogens is 282 g/mol. The lowest BCUT2D eigenvalue weighted by molar-refractivity contribution is -0.120. The van der Waals surface area contributed by atoms with Crippen LogP contribution in [0.5, 0.6) is 17.2 Å². The Morgan fingerprint density at radius 1 is 1.35 bits per heavy atom. The largest absolute Gasteiger partial charge is 0.481 e. The molecule has 1 N–H and O–H groups in total. The van der Waals surface area contributed by atoms with Gasteiger partial charge in [0.2, 0.25) is 12.7 Å². The van der Waals surface area contributed by atoms with Crippen LogP contribution < -0.4 is 19.5 Å². The van der Waals surface area contributed by atoms with Gasteiger partial charge in [-0.2, -0.15) is 0 Å². The molecule has 0 aromatic heterocycles. The van der Waals surface area contributed by atoms with E-state index >= 15 is 0 Å². The van der Waals surface area contributed by atoms with Gasteiger partial charge >= 0.3 is 0 Å².